The molecule has 140 valence electrons. The number of benzene rings is 1. The van der Waals surface area contributed by atoms with Crippen LogP contribution < -0.4 is 0 Å². The molecule has 0 radical (unpaired) electrons. The highest BCUT2D eigenvalue weighted by molar-refractivity contribution is 7.07. The number of carbonyl (C=O) groups is 1. The normalized spacial score (nSPS) is 19.2. The van der Waals surface area contributed by atoms with Gasteiger partial charge in [-0.05, 0) is 18.9 Å². The molecule has 0 saturated carbocycles. The second kappa shape index (κ2) is 9.26. The maximum atomic E-state index is 12.5. The number of aryl methyl sites for hydroxylation is 1. The number of thiazole rings is 1. The summed E-state index contributed by atoms with van der Waals surface area (Å²) >= 11 is 1.57. The van der Waals surface area contributed by atoms with Gasteiger partial charge in [-0.25, -0.2) is 4.98 Å². The second-order valence-corrected chi connectivity index (χ2v) is 7.57. The third-order valence-electron chi connectivity index (χ3n) is 5.05. The molecule has 0 spiro atoms. The molecule has 1 fully saturated rings. The summed E-state index contributed by atoms with van der Waals surface area (Å²) in [6, 6.07) is 10.6. The van der Waals surface area contributed by atoms with Gasteiger partial charge in [0.05, 0.1) is 30.0 Å². The standard InChI is InChI=1S/C20H27N3O2S/c1-16(22(2)20(24)9-8-18-14-26-15-21-18)19-13-23(10-11-25-19)12-17-6-4-3-5-7-17/h3-7,14-16,19H,8-13H2,1-2H3. The molecule has 1 aliphatic rings. The fourth-order valence-electron chi connectivity index (χ4n) is 3.26. The zero-order valence-electron chi connectivity index (χ0n) is 15.5. The van der Waals surface area contributed by atoms with Crippen molar-refractivity contribution in [3.63, 3.8) is 0 Å². The Morgan fingerprint density at radius 2 is 2.23 bits per heavy atom. The topological polar surface area (TPSA) is 45.7 Å². The number of likely N-dealkylation sites (N-methyl/N-ethyl adjacent to an activating group) is 1. The first-order valence-corrected chi connectivity index (χ1v) is 10.1. The first-order valence-electron chi connectivity index (χ1n) is 9.14. The van der Waals surface area contributed by atoms with Crippen LogP contribution in [0.4, 0.5) is 0 Å². The molecule has 3 rings (SSSR count). The van der Waals surface area contributed by atoms with Crippen molar-refractivity contribution in [2.24, 2.45) is 0 Å². The summed E-state index contributed by atoms with van der Waals surface area (Å²) in [6.45, 7) is 5.49. The van der Waals surface area contributed by atoms with Gasteiger partial charge in [-0.2, -0.15) is 0 Å². The lowest BCUT2D eigenvalue weighted by Gasteiger charge is -2.39. The predicted molar refractivity (Wildman–Crippen MR) is 104 cm³/mol. The van der Waals surface area contributed by atoms with Crippen molar-refractivity contribution < 1.29 is 9.53 Å². The van der Waals surface area contributed by atoms with Crippen LogP contribution in [0, 0.1) is 0 Å². The number of morpholine rings is 1. The van der Waals surface area contributed by atoms with Crippen molar-refractivity contribution in [3.8, 4) is 0 Å². The van der Waals surface area contributed by atoms with Gasteiger partial charge < -0.3 is 9.64 Å². The summed E-state index contributed by atoms with van der Waals surface area (Å²) in [7, 11) is 1.88. The van der Waals surface area contributed by atoms with E-state index >= 15 is 0 Å². The molecule has 2 atom stereocenters. The SMILES string of the molecule is CC(C1CN(Cc2ccccc2)CCO1)N(C)C(=O)CCc1cscn1. The Morgan fingerprint density at radius 3 is 2.96 bits per heavy atom. The minimum atomic E-state index is 0.0423. The summed E-state index contributed by atoms with van der Waals surface area (Å²) in [4.78, 5) is 21.0. The first kappa shape index (κ1) is 19.0. The van der Waals surface area contributed by atoms with Gasteiger partial charge in [0.25, 0.3) is 0 Å². The lowest BCUT2D eigenvalue weighted by atomic mass is 10.1. The number of nitrogens with zero attached hydrogens (tertiary/aromatic N) is 3. The third-order valence-corrected chi connectivity index (χ3v) is 5.68. The highest BCUT2D eigenvalue weighted by Gasteiger charge is 2.29. The van der Waals surface area contributed by atoms with E-state index in [4.69, 9.17) is 4.74 Å². The smallest absolute Gasteiger partial charge is 0.223 e. The molecule has 5 nitrogen and oxygen atoms in total. The zero-order chi connectivity index (χ0) is 18.4. The van der Waals surface area contributed by atoms with Gasteiger partial charge in [0.15, 0.2) is 0 Å². The molecule has 2 aromatic rings. The van der Waals surface area contributed by atoms with Gasteiger partial charge in [0.2, 0.25) is 5.91 Å². The molecule has 0 aliphatic carbocycles. The molecule has 2 unspecified atom stereocenters. The van der Waals surface area contributed by atoms with E-state index in [0.717, 1.165) is 25.3 Å². The molecule has 0 N–H and O–H groups in total. The molecule has 0 bridgehead atoms. The van der Waals surface area contributed by atoms with E-state index in [-0.39, 0.29) is 18.1 Å². The van der Waals surface area contributed by atoms with Crippen LogP contribution >= 0.6 is 11.3 Å². The molecular weight excluding hydrogens is 346 g/mol. The quantitative estimate of drug-likeness (QED) is 0.749. The van der Waals surface area contributed by atoms with Gasteiger partial charge in [0.1, 0.15) is 0 Å². The number of carbonyl (C=O) groups excluding carboxylic acids is 1. The average molecular weight is 374 g/mol. The predicted octanol–water partition coefficient (Wildman–Crippen LogP) is 2.82. The van der Waals surface area contributed by atoms with Crippen molar-refractivity contribution in [3.05, 3.63) is 52.5 Å². The third kappa shape index (κ3) is 5.13. The van der Waals surface area contributed by atoms with E-state index in [1.807, 2.05) is 28.9 Å². The van der Waals surface area contributed by atoms with Gasteiger partial charge >= 0.3 is 0 Å². The Balaban J connectivity index is 1.50. The number of ether oxygens (including phenoxy) is 1. The molecule has 6 heteroatoms. The maximum Gasteiger partial charge on any atom is 0.223 e. The van der Waals surface area contributed by atoms with Crippen LogP contribution in [0.1, 0.15) is 24.6 Å². The van der Waals surface area contributed by atoms with Crippen LogP contribution in [-0.4, -0.2) is 59.6 Å². The van der Waals surface area contributed by atoms with Crippen LogP contribution in [0.5, 0.6) is 0 Å². The average Bonchev–Trinajstić information content (AvgIpc) is 3.19. The molecule has 1 amide bonds. The Morgan fingerprint density at radius 1 is 1.42 bits per heavy atom. The van der Waals surface area contributed by atoms with E-state index in [1.165, 1.54) is 5.56 Å². The lowest BCUT2D eigenvalue weighted by molar-refractivity contribution is -0.137. The summed E-state index contributed by atoms with van der Waals surface area (Å²) in [6.07, 6.45) is 1.23. The number of rotatable bonds is 7. The molecule has 2 heterocycles. The maximum absolute atomic E-state index is 12.5. The molecule has 1 saturated heterocycles. The summed E-state index contributed by atoms with van der Waals surface area (Å²) in [5.74, 6) is 0.147. The Hall–Kier alpha value is -1.76. The van der Waals surface area contributed by atoms with E-state index in [1.54, 1.807) is 11.3 Å². The van der Waals surface area contributed by atoms with Crippen LogP contribution in [0.3, 0.4) is 0 Å². The fourth-order valence-corrected chi connectivity index (χ4v) is 3.85. The van der Waals surface area contributed by atoms with Crippen molar-refractivity contribution in [1.29, 1.82) is 0 Å². The number of hydrogen-bond acceptors (Lipinski definition) is 5. The molecule has 26 heavy (non-hydrogen) atoms. The van der Waals surface area contributed by atoms with Crippen molar-refractivity contribution in [1.82, 2.24) is 14.8 Å². The van der Waals surface area contributed by atoms with E-state index in [0.29, 0.717) is 19.4 Å². The largest absolute Gasteiger partial charge is 0.373 e. The first-order chi connectivity index (χ1) is 12.6. The van der Waals surface area contributed by atoms with Gasteiger partial charge in [-0.3, -0.25) is 9.69 Å². The molecular formula is C20H27N3O2S. The lowest BCUT2D eigenvalue weighted by Crippen LogP contribution is -2.52. The van der Waals surface area contributed by atoms with Crippen LogP contribution in [0.2, 0.25) is 0 Å². The second-order valence-electron chi connectivity index (χ2n) is 6.85. The number of aromatic nitrogens is 1. The zero-order valence-corrected chi connectivity index (χ0v) is 16.3. The van der Waals surface area contributed by atoms with Crippen molar-refractivity contribution in [2.75, 3.05) is 26.7 Å². The fraction of sp³-hybridized carbons (Fsp3) is 0.500. The van der Waals surface area contributed by atoms with E-state index < -0.39 is 0 Å². The van der Waals surface area contributed by atoms with Gasteiger partial charge in [0, 0.05) is 38.5 Å². The molecule has 1 aromatic carbocycles. The Labute approximate surface area is 159 Å². The number of hydrogen-bond donors (Lipinski definition) is 0. The minimum absolute atomic E-state index is 0.0423. The summed E-state index contributed by atoms with van der Waals surface area (Å²) < 4.78 is 5.98. The van der Waals surface area contributed by atoms with Crippen LogP contribution in [0.15, 0.2) is 41.2 Å². The molecule has 1 aromatic heterocycles. The van der Waals surface area contributed by atoms with Crippen LogP contribution in [-0.2, 0) is 22.5 Å². The highest BCUT2D eigenvalue weighted by atomic mass is 32.1. The number of amides is 1. The molecule has 1 aliphatic heterocycles. The van der Waals surface area contributed by atoms with Crippen LogP contribution in [0.25, 0.3) is 0 Å². The van der Waals surface area contributed by atoms with E-state index in [2.05, 4.69) is 41.1 Å². The Kier molecular flexibility index (Phi) is 6.77. The monoisotopic (exact) mass is 373 g/mol. The minimum Gasteiger partial charge on any atom is -0.373 e. The summed E-state index contributed by atoms with van der Waals surface area (Å²) in [5, 5.41) is 2.00. The summed E-state index contributed by atoms with van der Waals surface area (Å²) in [5.41, 5.74) is 4.12. The Bertz CT molecular complexity index is 678. The van der Waals surface area contributed by atoms with Crippen molar-refractivity contribution >= 4 is 17.2 Å². The van der Waals surface area contributed by atoms with Gasteiger partial charge in [-0.15, -0.1) is 11.3 Å². The van der Waals surface area contributed by atoms with E-state index in [9.17, 15) is 4.79 Å². The van der Waals surface area contributed by atoms with Gasteiger partial charge in [-0.1, -0.05) is 30.3 Å². The highest BCUT2D eigenvalue weighted by Crippen LogP contribution is 2.16. The van der Waals surface area contributed by atoms with Crippen molar-refractivity contribution in [2.45, 2.75) is 38.5 Å².